The largest absolute Gasteiger partial charge is 0.399 e. The highest BCUT2D eigenvalue weighted by Gasteiger charge is 2.18. The van der Waals surface area contributed by atoms with Gasteiger partial charge in [0.15, 0.2) is 0 Å². The number of benzene rings is 1. The molecule has 100 valence electrons. The molecule has 1 amide bonds. The fourth-order valence-corrected chi connectivity index (χ4v) is 1.61. The van der Waals surface area contributed by atoms with E-state index >= 15 is 0 Å². The maximum absolute atomic E-state index is 12.1. The van der Waals surface area contributed by atoms with E-state index in [1.807, 2.05) is 13.8 Å². The van der Waals surface area contributed by atoms with Gasteiger partial charge >= 0.3 is 0 Å². The van der Waals surface area contributed by atoms with Crippen LogP contribution in [0.2, 0.25) is 0 Å². The number of anilines is 2. The summed E-state index contributed by atoms with van der Waals surface area (Å²) in [4.78, 5) is 12.1. The molecule has 18 heavy (non-hydrogen) atoms. The lowest BCUT2D eigenvalue weighted by molar-refractivity contribution is 0.0867. The molecule has 0 aromatic heterocycles. The van der Waals surface area contributed by atoms with Gasteiger partial charge in [0.05, 0.1) is 18.2 Å². The number of carbonyl (C=O) groups excluding carboxylic acids is 1. The number of carbonyl (C=O) groups is 1. The molecule has 1 atom stereocenters. The van der Waals surface area contributed by atoms with Crippen LogP contribution in [0.5, 0.6) is 0 Å². The van der Waals surface area contributed by atoms with E-state index in [1.54, 1.807) is 25.3 Å². The monoisotopic (exact) mass is 251 g/mol. The van der Waals surface area contributed by atoms with Crippen molar-refractivity contribution in [3.05, 3.63) is 23.8 Å². The Morgan fingerprint density at radius 3 is 2.56 bits per heavy atom. The van der Waals surface area contributed by atoms with Gasteiger partial charge in [0.1, 0.15) is 0 Å². The normalized spacial score (nSPS) is 12.4. The van der Waals surface area contributed by atoms with Gasteiger partial charge in [0.2, 0.25) is 0 Å². The molecule has 0 spiro atoms. The van der Waals surface area contributed by atoms with Crippen molar-refractivity contribution in [1.82, 2.24) is 5.32 Å². The molecule has 1 aromatic carbocycles. The predicted molar refractivity (Wildman–Crippen MR) is 73.2 cm³/mol. The molecular weight excluding hydrogens is 230 g/mol. The predicted octanol–water partition coefficient (Wildman–Crippen LogP) is 1.25. The van der Waals surface area contributed by atoms with E-state index in [-0.39, 0.29) is 17.9 Å². The lowest BCUT2D eigenvalue weighted by Crippen LogP contribution is -2.41. The molecule has 0 saturated carbocycles. The highest BCUT2D eigenvalue weighted by molar-refractivity contribution is 5.99. The van der Waals surface area contributed by atoms with Gasteiger partial charge in [0, 0.05) is 18.5 Å². The van der Waals surface area contributed by atoms with E-state index < -0.39 is 0 Å². The number of nitrogens with one attached hydrogen (secondary N) is 1. The van der Waals surface area contributed by atoms with Gasteiger partial charge in [-0.25, -0.2) is 0 Å². The first kappa shape index (κ1) is 14.3. The van der Waals surface area contributed by atoms with E-state index in [0.29, 0.717) is 23.5 Å². The Hall–Kier alpha value is -1.75. The summed E-state index contributed by atoms with van der Waals surface area (Å²) in [5.41, 5.74) is 12.7. The van der Waals surface area contributed by atoms with E-state index in [4.69, 9.17) is 16.2 Å². The Bertz CT molecular complexity index is 419. The standard InChI is InChI=1S/C13H21N3O2/c1-8(2)12(7-18-3)16-13(17)10-5-4-9(14)6-11(10)15/h4-6,8,12H,7,14-15H2,1-3H3,(H,16,17). The van der Waals surface area contributed by atoms with Gasteiger partial charge in [-0.05, 0) is 24.1 Å². The smallest absolute Gasteiger partial charge is 0.253 e. The molecular formula is C13H21N3O2. The second-order valence-corrected chi connectivity index (χ2v) is 4.63. The topological polar surface area (TPSA) is 90.4 Å². The van der Waals surface area contributed by atoms with Crippen molar-refractivity contribution in [1.29, 1.82) is 0 Å². The number of hydrogen-bond donors (Lipinski definition) is 3. The highest BCUT2D eigenvalue weighted by atomic mass is 16.5. The minimum atomic E-state index is -0.205. The van der Waals surface area contributed by atoms with Crippen LogP contribution in [0.4, 0.5) is 11.4 Å². The first-order valence-corrected chi connectivity index (χ1v) is 5.90. The zero-order chi connectivity index (χ0) is 13.7. The fraction of sp³-hybridized carbons (Fsp3) is 0.462. The Kier molecular flexibility index (Phi) is 4.97. The van der Waals surface area contributed by atoms with E-state index in [2.05, 4.69) is 5.32 Å². The van der Waals surface area contributed by atoms with Crippen LogP contribution in [-0.2, 0) is 4.74 Å². The lowest BCUT2D eigenvalue weighted by atomic mass is 10.0. The maximum Gasteiger partial charge on any atom is 0.253 e. The molecule has 5 heteroatoms. The van der Waals surface area contributed by atoms with Crippen molar-refractivity contribution >= 4 is 17.3 Å². The second kappa shape index (κ2) is 6.26. The number of amides is 1. The molecule has 0 bridgehead atoms. The average molecular weight is 251 g/mol. The molecule has 0 heterocycles. The third-order valence-electron chi connectivity index (χ3n) is 2.79. The molecule has 5 N–H and O–H groups in total. The van der Waals surface area contributed by atoms with Crippen LogP contribution in [0.25, 0.3) is 0 Å². The van der Waals surface area contributed by atoms with Crippen molar-refractivity contribution in [2.45, 2.75) is 19.9 Å². The Labute approximate surface area is 107 Å². The number of ether oxygens (including phenoxy) is 1. The molecule has 1 unspecified atom stereocenters. The zero-order valence-corrected chi connectivity index (χ0v) is 11.1. The van der Waals surface area contributed by atoms with Crippen molar-refractivity contribution < 1.29 is 9.53 Å². The molecule has 0 fully saturated rings. The van der Waals surface area contributed by atoms with Crippen molar-refractivity contribution in [2.75, 3.05) is 25.2 Å². The van der Waals surface area contributed by atoms with Crippen molar-refractivity contribution in [3.63, 3.8) is 0 Å². The van der Waals surface area contributed by atoms with Crippen LogP contribution in [0.3, 0.4) is 0 Å². The zero-order valence-electron chi connectivity index (χ0n) is 11.1. The molecule has 0 radical (unpaired) electrons. The summed E-state index contributed by atoms with van der Waals surface area (Å²) in [6.45, 7) is 4.52. The van der Waals surface area contributed by atoms with Gasteiger partial charge in [-0.2, -0.15) is 0 Å². The quantitative estimate of drug-likeness (QED) is 0.687. The van der Waals surface area contributed by atoms with E-state index in [9.17, 15) is 4.79 Å². The number of methoxy groups -OCH3 is 1. The molecule has 0 aliphatic rings. The molecule has 1 aromatic rings. The molecule has 0 aliphatic carbocycles. The molecule has 0 aliphatic heterocycles. The number of hydrogen-bond acceptors (Lipinski definition) is 4. The molecule has 0 saturated heterocycles. The SMILES string of the molecule is COCC(NC(=O)c1ccc(N)cc1N)C(C)C. The van der Waals surface area contributed by atoms with Gasteiger partial charge < -0.3 is 21.5 Å². The minimum absolute atomic E-state index is 0.0422. The molecule has 1 rings (SSSR count). The van der Waals surface area contributed by atoms with Gasteiger partial charge in [-0.15, -0.1) is 0 Å². The fourth-order valence-electron chi connectivity index (χ4n) is 1.61. The number of nitrogen functional groups attached to an aromatic ring is 2. The van der Waals surface area contributed by atoms with E-state index in [0.717, 1.165) is 0 Å². The summed E-state index contributed by atoms with van der Waals surface area (Å²) in [7, 11) is 1.61. The summed E-state index contributed by atoms with van der Waals surface area (Å²) < 4.78 is 5.09. The Balaban J connectivity index is 2.80. The van der Waals surface area contributed by atoms with Crippen LogP contribution in [0, 0.1) is 5.92 Å². The van der Waals surface area contributed by atoms with E-state index in [1.165, 1.54) is 0 Å². The summed E-state index contributed by atoms with van der Waals surface area (Å²) in [5.74, 6) is 0.0761. The van der Waals surface area contributed by atoms with Gasteiger partial charge in [0.25, 0.3) is 5.91 Å². The maximum atomic E-state index is 12.1. The third kappa shape index (κ3) is 3.63. The second-order valence-electron chi connectivity index (χ2n) is 4.63. The number of nitrogens with two attached hydrogens (primary N) is 2. The van der Waals surface area contributed by atoms with Crippen LogP contribution in [-0.4, -0.2) is 25.7 Å². The molecule has 5 nitrogen and oxygen atoms in total. The first-order valence-electron chi connectivity index (χ1n) is 5.90. The van der Waals surface area contributed by atoms with Crippen LogP contribution in [0.1, 0.15) is 24.2 Å². The summed E-state index contributed by atoms with van der Waals surface area (Å²) in [6, 6.07) is 4.82. The van der Waals surface area contributed by atoms with Gasteiger partial charge in [-0.3, -0.25) is 4.79 Å². The third-order valence-corrected chi connectivity index (χ3v) is 2.79. The Morgan fingerprint density at radius 2 is 2.06 bits per heavy atom. The van der Waals surface area contributed by atoms with Crippen LogP contribution >= 0.6 is 0 Å². The van der Waals surface area contributed by atoms with Crippen molar-refractivity contribution in [2.24, 2.45) is 5.92 Å². The average Bonchev–Trinajstić information content (AvgIpc) is 2.27. The number of rotatable bonds is 5. The minimum Gasteiger partial charge on any atom is -0.399 e. The van der Waals surface area contributed by atoms with Crippen LogP contribution < -0.4 is 16.8 Å². The van der Waals surface area contributed by atoms with Crippen LogP contribution in [0.15, 0.2) is 18.2 Å². The summed E-state index contributed by atoms with van der Waals surface area (Å²) in [5, 5.41) is 2.91. The summed E-state index contributed by atoms with van der Waals surface area (Å²) in [6.07, 6.45) is 0. The van der Waals surface area contributed by atoms with Gasteiger partial charge in [-0.1, -0.05) is 13.8 Å². The Morgan fingerprint density at radius 1 is 1.39 bits per heavy atom. The highest BCUT2D eigenvalue weighted by Crippen LogP contribution is 2.16. The van der Waals surface area contributed by atoms with Crippen molar-refractivity contribution in [3.8, 4) is 0 Å². The lowest BCUT2D eigenvalue weighted by Gasteiger charge is -2.22. The summed E-state index contributed by atoms with van der Waals surface area (Å²) >= 11 is 0. The first-order chi connectivity index (χ1) is 8.45.